The maximum Gasteiger partial charge on any atom is 0.230 e. The summed E-state index contributed by atoms with van der Waals surface area (Å²) in [4.78, 5) is 33.8. The number of aryl methyl sites for hydroxylation is 1. The molecule has 6 rings (SSSR count). The molecular formula is C27H29ClN4O3S. The second kappa shape index (κ2) is 9.10. The summed E-state index contributed by atoms with van der Waals surface area (Å²) in [6.07, 6.45) is 5.32. The number of fused-ring (bicyclic) bond motifs is 2. The number of rotatable bonds is 5. The summed E-state index contributed by atoms with van der Waals surface area (Å²) in [5.74, 6) is -0.213. The van der Waals surface area contributed by atoms with Gasteiger partial charge < -0.3 is 15.3 Å². The molecule has 9 heteroatoms. The van der Waals surface area contributed by atoms with E-state index in [1.165, 1.54) is 16.2 Å². The first-order valence-corrected chi connectivity index (χ1v) is 13.7. The number of nitrogens with zero attached hydrogens (tertiary/aromatic N) is 3. The van der Waals surface area contributed by atoms with Crippen LogP contribution in [0.4, 0.5) is 5.69 Å². The lowest BCUT2D eigenvalue weighted by Crippen LogP contribution is -2.41. The zero-order chi connectivity index (χ0) is 25.0. The number of likely N-dealkylation sites (tertiary alicyclic amines) is 1. The number of hydrogen-bond donors (Lipinski definition) is 2. The Balaban J connectivity index is 1.43. The molecule has 36 heavy (non-hydrogen) atoms. The molecule has 2 saturated heterocycles. The van der Waals surface area contributed by atoms with Crippen molar-refractivity contribution >= 4 is 50.7 Å². The number of aromatic nitrogens is 1. The van der Waals surface area contributed by atoms with Crippen LogP contribution in [-0.2, 0) is 22.6 Å². The van der Waals surface area contributed by atoms with Crippen LogP contribution < -0.4 is 10.2 Å². The molecule has 3 aliphatic heterocycles. The van der Waals surface area contributed by atoms with Crippen LogP contribution in [0.5, 0.6) is 0 Å². The monoisotopic (exact) mass is 524 g/mol. The average molecular weight is 525 g/mol. The summed E-state index contributed by atoms with van der Waals surface area (Å²) in [6.45, 7) is 4.27. The van der Waals surface area contributed by atoms with Gasteiger partial charge in [0.2, 0.25) is 11.8 Å². The van der Waals surface area contributed by atoms with Gasteiger partial charge in [0.1, 0.15) is 0 Å². The van der Waals surface area contributed by atoms with Crippen LogP contribution in [0.3, 0.4) is 0 Å². The second-order valence-electron chi connectivity index (χ2n) is 10.4. The number of pyridine rings is 1. The lowest BCUT2D eigenvalue weighted by atomic mass is 9.91. The van der Waals surface area contributed by atoms with Gasteiger partial charge in [-0.2, -0.15) is 0 Å². The van der Waals surface area contributed by atoms with Crippen LogP contribution in [0, 0.1) is 0 Å². The van der Waals surface area contributed by atoms with E-state index in [2.05, 4.69) is 28.2 Å². The van der Waals surface area contributed by atoms with Crippen LogP contribution in [0.1, 0.15) is 43.0 Å². The summed E-state index contributed by atoms with van der Waals surface area (Å²) >= 11 is 8.24. The molecule has 1 aromatic carbocycles. The van der Waals surface area contributed by atoms with Gasteiger partial charge in [-0.25, -0.2) is 0 Å². The zero-order valence-corrected chi connectivity index (χ0v) is 21.8. The number of aliphatic hydroxyl groups is 1. The van der Waals surface area contributed by atoms with Crippen LogP contribution in [0.25, 0.3) is 21.3 Å². The Morgan fingerprint density at radius 2 is 2.00 bits per heavy atom. The van der Waals surface area contributed by atoms with Gasteiger partial charge in [-0.15, -0.1) is 11.3 Å². The van der Waals surface area contributed by atoms with Gasteiger partial charge >= 0.3 is 0 Å². The van der Waals surface area contributed by atoms with Gasteiger partial charge in [0.25, 0.3) is 0 Å². The summed E-state index contributed by atoms with van der Waals surface area (Å²) in [7, 11) is 0. The largest absolute Gasteiger partial charge is 0.394 e. The summed E-state index contributed by atoms with van der Waals surface area (Å²) < 4.78 is 1.03. The third-order valence-corrected chi connectivity index (χ3v) is 9.11. The van der Waals surface area contributed by atoms with E-state index in [-0.39, 0.29) is 30.0 Å². The van der Waals surface area contributed by atoms with Crippen LogP contribution >= 0.6 is 22.9 Å². The van der Waals surface area contributed by atoms with Gasteiger partial charge in [-0.05, 0) is 56.0 Å². The maximum atomic E-state index is 12.2. The van der Waals surface area contributed by atoms with Crippen LogP contribution in [0.15, 0.2) is 30.5 Å². The van der Waals surface area contributed by atoms with E-state index in [0.717, 1.165) is 58.6 Å². The molecule has 2 amide bonds. The lowest BCUT2D eigenvalue weighted by molar-refractivity contribution is -0.138. The lowest BCUT2D eigenvalue weighted by Gasteiger charge is -2.38. The first-order valence-electron chi connectivity index (χ1n) is 12.5. The van der Waals surface area contributed by atoms with Crippen LogP contribution in [-0.4, -0.2) is 58.1 Å². The SMILES string of the molecule is C[C@]1(CO)C[C@@H](N2CCCc3cc(Cl)cc(-c4ccnc5cc(CN6C(=O)CCC6=O)sc45)c32)CN1. The Morgan fingerprint density at radius 3 is 2.75 bits per heavy atom. The maximum absolute atomic E-state index is 12.2. The topological polar surface area (TPSA) is 85.8 Å². The fourth-order valence-electron chi connectivity index (χ4n) is 5.91. The standard InChI is InChI=1S/C27H29ClN4O3S/c1-27(15-33)12-18(13-30-27)31-8-2-3-16-9-17(28)10-21(25(16)31)20-6-7-29-22-11-19(36-26(20)22)14-32-23(34)4-5-24(32)35/h6-7,9-11,18,30,33H,2-5,8,12-15H2,1H3/t18-,27-/m1/s1. The molecule has 188 valence electrons. The van der Waals surface area contributed by atoms with E-state index in [1.54, 1.807) is 11.3 Å². The van der Waals surface area contributed by atoms with Crippen molar-refractivity contribution in [3.8, 4) is 11.1 Å². The van der Waals surface area contributed by atoms with E-state index in [4.69, 9.17) is 11.6 Å². The van der Waals surface area contributed by atoms with Gasteiger partial charge in [0, 0.05) is 70.4 Å². The summed E-state index contributed by atoms with van der Waals surface area (Å²) in [6, 6.07) is 8.45. The highest BCUT2D eigenvalue weighted by Crippen LogP contribution is 2.45. The minimum absolute atomic E-state index is 0.106. The van der Waals surface area contributed by atoms with Crippen molar-refractivity contribution in [2.45, 2.75) is 57.2 Å². The number of imide groups is 1. The van der Waals surface area contributed by atoms with Gasteiger partial charge in [0.05, 0.1) is 23.4 Å². The molecule has 2 N–H and O–H groups in total. The van der Waals surface area contributed by atoms with Crippen molar-refractivity contribution in [1.29, 1.82) is 0 Å². The predicted molar refractivity (Wildman–Crippen MR) is 142 cm³/mol. The highest BCUT2D eigenvalue weighted by Gasteiger charge is 2.39. The molecule has 2 atom stereocenters. The number of amides is 2. The fraction of sp³-hybridized carbons (Fsp3) is 0.444. The molecular weight excluding hydrogens is 496 g/mol. The first kappa shape index (κ1) is 23.9. The van der Waals surface area contributed by atoms with Gasteiger partial charge in [-0.1, -0.05) is 11.6 Å². The molecule has 2 fully saturated rings. The van der Waals surface area contributed by atoms with Crippen molar-refractivity contribution in [1.82, 2.24) is 15.2 Å². The molecule has 5 heterocycles. The van der Waals surface area contributed by atoms with Gasteiger partial charge in [-0.3, -0.25) is 19.5 Å². The summed E-state index contributed by atoms with van der Waals surface area (Å²) in [5.41, 5.74) is 5.20. The van der Waals surface area contributed by atoms with Crippen molar-refractivity contribution in [2.24, 2.45) is 0 Å². The number of hydrogen-bond acceptors (Lipinski definition) is 7. The van der Waals surface area contributed by atoms with E-state index < -0.39 is 0 Å². The smallest absolute Gasteiger partial charge is 0.230 e. The van der Waals surface area contributed by atoms with Crippen molar-refractivity contribution in [2.75, 3.05) is 24.6 Å². The molecule has 0 saturated carbocycles. The molecule has 2 aromatic heterocycles. The molecule has 3 aromatic rings. The van der Waals surface area contributed by atoms with Gasteiger partial charge in [0.15, 0.2) is 0 Å². The fourth-order valence-corrected chi connectivity index (χ4v) is 7.28. The second-order valence-corrected chi connectivity index (χ2v) is 11.9. The van der Waals surface area contributed by atoms with Crippen LogP contribution in [0.2, 0.25) is 5.02 Å². The van der Waals surface area contributed by atoms with E-state index in [9.17, 15) is 14.7 Å². The molecule has 3 aliphatic rings. The van der Waals surface area contributed by atoms with E-state index in [1.807, 2.05) is 24.4 Å². The average Bonchev–Trinajstić information content (AvgIpc) is 3.56. The first-order chi connectivity index (χ1) is 17.3. The number of halogens is 1. The Labute approximate surface area is 219 Å². The number of carbonyl (C=O) groups excluding carboxylic acids is 2. The third kappa shape index (κ3) is 4.10. The highest BCUT2D eigenvalue weighted by atomic mass is 35.5. The number of carbonyl (C=O) groups is 2. The van der Waals surface area contributed by atoms with Crippen molar-refractivity contribution in [3.05, 3.63) is 45.9 Å². The number of thiophene rings is 1. The van der Waals surface area contributed by atoms with E-state index in [0.29, 0.717) is 24.4 Å². The molecule has 0 radical (unpaired) electrons. The third-order valence-electron chi connectivity index (χ3n) is 7.75. The molecule has 0 spiro atoms. The molecule has 0 unspecified atom stereocenters. The highest BCUT2D eigenvalue weighted by molar-refractivity contribution is 7.19. The number of nitrogens with one attached hydrogen (secondary N) is 1. The van der Waals surface area contributed by atoms with Crippen molar-refractivity contribution < 1.29 is 14.7 Å². The normalized spacial score (nSPS) is 24.2. The molecule has 0 aliphatic carbocycles. The van der Waals surface area contributed by atoms with E-state index >= 15 is 0 Å². The predicted octanol–water partition coefficient (Wildman–Crippen LogP) is 4.13. The Bertz CT molecular complexity index is 1360. The number of anilines is 1. The minimum atomic E-state index is -0.272. The molecule has 7 nitrogen and oxygen atoms in total. The number of aliphatic hydroxyl groups excluding tert-OH is 1. The van der Waals surface area contributed by atoms with Crippen molar-refractivity contribution in [3.63, 3.8) is 0 Å². The molecule has 0 bridgehead atoms. The zero-order valence-electron chi connectivity index (χ0n) is 20.2. The quantitative estimate of drug-likeness (QED) is 0.488. The Kier molecular flexibility index (Phi) is 6.03. The minimum Gasteiger partial charge on any atom is -0.394 e. The summed E-state index contributed by atoms with van der Waals surface area (Å²) in [5, 5.41) is 14.1. The Morgan fingerprint density at radius 1 is 1.19 bits per heavy atom. The number of benzene rings is 1. The Hall–Kier alpha value is -2.52.